The zero-order chi connectivity index (χ0) is 22.3. The van der Waals surface area contributed by atoms with Crippen molar-refractivity contribution in [2.24, 2.45) is 12.0 Å². The van der Waals surface area contributed by atoms with Crippen molar-refractivity contribution in [1.82, 2.24) is 24.6 Å². The molecule has 1 atom stereocenters. The summed E-state index contributed by atoms with van der Waals surface area (Å²) in [5.41, 5.74) is 8.03. The van der Waals surface area contributed by atoms with E-state index in [0.29, 0.717) is 34.3 Å². The van der Waals surface area contributed by atoms with Crippen LogP contribution in [0.3, 0.4) is 0 Å². The van der Waals surface area contributed by atoms with Gasteiger partial charge >= 0.3 is 0 Å². The molecule has 0 saturated heterocycles. The Morgan fingerprint density at radius 3 is 2.84 bits per heavy atom. The zero-order valence-corrected chi connectivity index (χ0v) is 17.4. The molecule has 2 bridgehead atoms. The standard InChI is InChI=1S/C20H20FN9O/c1-10-12-7-11(21)5-6-13(12)26-20(29(2)3)27-18-16(15(8-22)30(4)28-18)14-9-24-17(23)19(25-14)31-10/h5-7,9-10H,1-4H3,(H2,23,24)(H,26,27,28)/t10-/m1/s1. The van der Waals surface area contributed by atoms with Gasteiger partial charge in [0.2, 0.25) is 5.96 Å². The van der Waals surface area contributed by atoms with Gasteiger partial charge in [0.1, 0.15) is 23.7 Å². The molecule has 0 spiro atoms. The average Bonchev–Trinajstić information content (AvgIpc) is 3.04. The monoisotopic (exact) mass is 421 g/mol. The molecule has 0 unspecified atom stereocenters. The Morgan fingerprint density at radius 1 is 1.35 bits per heavy atom. The van der Waals surface area contributed by atoms with E-state index in [9.17, 15) is 9.65 Å². The number of anilines is 2. The van der Waals surface area contributed by atoms with Crippen LogP contribution in [0.1, 0.15) is 24.3 Å². The van der Waals surface area contributed by atoms with Crippen LogP contribution in [0.25, 0.3) is 11.3 Å². The predicted molar refractivity (Wildman–Crippen MR) is 113 cm³/mol. The van der Waals surface area contributed by atoms with Crippen molar-refractivity contribution in [3.63, 3.8) is 0 Å². The molecule has 3 aromatic rings. The summed E-state index contributed by atoms with van der Waals surface area (Å²) in [7, 11) is 5.26. The quantitative estimate of drug-likeness (QED) is 0.566. The van der Waals surface area contributed by atoms with Crippen molar-refractivity contribution in [3.8, 4) is 23.2 Å². The summed E-state index contributed by atoms with van der Waals surface area (Å²) in [6, 6.07) is 6.38. The van der Waals surface area contributed by atoms with E-state index in [-0.39, 0.29) is 17.4 Å². The van der Waals surface area contributed by atoms with Crippen LogP contribution in [0, 0.1) is 17.1 Å². The summed E-state index contributed by atoms with van der Waals surface area (Å²) in [4.78, 5) is 15.1. The Bertz CT molecular complexity index is 1240. The second kappa shape index (κ2) is 7.56. The normalized spacial score (nSPS) is 16.8. The molecule has 0 aliphatic carbocycles. The minimum atomic E-state index is -0.632. The van der Waals surface area contributed by atoms with E-state index >= 15 is 0 Å². The van der Waals surface area contributed by atoms with Gasteiger partial charge < -0.3 is 20.7 Å². The molecule has 3 heterocycles. The number of guanidine groups is 1. The summed E-state index contributed by atoms with van der Waals surface area (Å²) < 4.78 is 21.4. The molecule has 2 aromatic heterocycles. The van der Waals surface area contributed by atoms with Crippen molar-refractivity contribution in [3.05, 3.63) is 41.5 Å². The van der Waals surface area contributed by atoms with Crippen LogP contribution in [0.2, 0.25) is 0 Å². The van der Waals surface area contributed by atoms with Gasteiger partial charge in [0.15, 0.2) is 11.6 Å². The van der Waals surface area contributed by atoms with Gasteiger partial charge in [-0.25, -0.2) is 19.4 Å². The fourth-order valence-electron chi connectivity index (χ4n) is 3.21. The number of rotatable bonds is 0. The maximum Gasteiger partial charge on any atom is 0.258 e. The van der Waals surface area contributed by atoms with Crippen LogP contribution in [0.5, 0.6) is 5.88 Å². The van der Waals surface area contributed by atoms with Crippen molar-refractivity contribution in [1.29, 1.82) is 5.26 Å². The minimum Gasteiger partial charge on any atom is -0.467 e. The SMILES string of the molecule is C[C@H]1Oc2nc(cnc2N)-c2c(nn(C)c2C#N)N/C(N(C)C)=N\c2ccc(F)cc21. The number of benzene rings is 1. The number of nitrogens with one attached hydrogen (secondary N) is 1. The maximum atomic E-state index is 14.0. The number of nitriles is 1. The van der Waals surface area contributed by atoms with Gasteiger partial charge in [-0.3, -0.25) is 4.68 Å². The molecule has 0 amide bonds. The number of nitrogen functional groups attached to an aromatic ring is 1. The molecule has 4 rings (SSSR count). The summed E-state index contributed by atoms with van der Waals surface area (Å²) >= 11 is 0. The van der Waals surface area contributed by atoms with Crippen LogP contribution in [-0.4, -0.2) is 44.7 Å². The van der Waals surface area contributed by atoms with Crippen LogP contribution in [0.4, 0.5) is 21.7 Å². The number of aromatic nitrogens is 4. The van der Waals surface area contributed by atoms with Gasteiger partial charge in [-0.05, 0) is 25.1 Å². The third-order valence-corrected chi connectivity index (χ3v) is 4.77. The molecule has 1 aliphatic rings. The number of aliphatic imine (C=N–C) groups is 1. The zero-order valence-electron chi connectivity index (χ0n) is 17.4. The third kappa shape index (κ3) is 3.59. The van der Waals surface area contributed by atoms with Gasteiger partial charge in [0.05, 0.1) is 23.1 Å². The average molecular weight is 421 g/mol. The number of aryl methyl sites for hydroxylation is 1. The predicted octanol–water partition coefficient (Wildman–Crippen LogP) is 2.58. The smallest absolute Gasteiger partial charge is 0.258 e. The van der Waals surface area contributed by atoms with Crippen molar-refractivity contribution in [2.75, 3.05) is 25.1 Å². The van der Waals surface area contributed by atoms with Gasteiger partial charge in [0, 0.05) is 26.7 Å². The molecule has 31 heavy (non-hydrogen) atoms. The molecule has 1 aromatic carbocycles. The highest BCUT2D eigenvalue weighted by Crippen LogP contribution is 2.35. The van der Waals surface area contributed by atoms with Gasteiger partial charge in [-0.1, -0.05) is 0 Å². The number of nitrogens with two attached hydrogens (primary N) is 1. The summed E-state index contributed by atoms with van der Waals surface area (Å²) in [5.74, 6) is 0.493. The highest BCUT2D eigenvalue weighted by Gasteiger charge is 2.25. The molecule has 0 saturated carbocycles. The van der Waals surface area contributed by atoms with E-state index < -0.39 is 11.9 Å². The number of hydrogen-bond donors (Lipinski definition) is 2. The van der Waals surface area contributed by atoms with E-state index in [1.165, 1.54) is 23.0 Å². The first-order valence-corrected chi connectivity index (χ1v) is 9.37. The van der Waals surface area contributed by atoms with E-state index in [1.54, 1.807) is 39.0 Å². The first-order valence-electron chi connectivity index (χ1n) is 9.37. The van der Waals surface area contributed by atoms with Crippen molar-refractivity contribution in [2.45, 2.75) is 13.0 Å². The van der Waals surface area contributed by atoms with Gasteiger partial charge in [-0.15, -0.1) is 0 Å². The van der Waals surface area contributed by atoms with Gasteiger partial charge in [-0.2, -0.15) is 10.4 Å². The number of nitrogens with zero attached hydrogens (tertiary/aromatic N) is 7. The molecular weight excluding hydrogens is 401 g/mol. The lowest BCUT2D eigenvalue weighted by molar-refractivity contribution is 0.218. The largest absolute Gasteiger partial charge is 0.467 e. The summed E-state index contributed by atoms with van der Waals surface area (Å²) in [6.07, 6.45) is 0.815. The highest BCUT2D eigenvalue weighted by molar-refractivity contribution is 5.98. The first-order chi connectivity index (χ1) is 14.8. The van der Waals surface area contributed by atoms with E-state index in [1.807, 2.05) is 0 Å². The summed E-state index contributed by atoms with van der Waals surface area (Å²) in [6.45, 7) is 1.74. The molecule has 3 N–H and O–H groups in total. The van der Waals surface area contributed by atoms with Crippen LogP contribution in [-0.2, 0) is 7.05 Å². The highest BCUT2D eigenvalue weighted by atomic mass is 19.1. The number of fused-ring (bicyclic) bond motifs is 5. The minimum absolute atomic E-state index is 0.0660. The second-order valence-corrected chi connectivity index (χ2v) is 7.17. The van der Waals surface area contributed by atoms with E-state index in [2.05, 4.69) is 31.4 Å². The second-order valence-electron chi connectivity index (χ2n) is 7.17. The van der Waals surface area contributed by atoms with E-state index in [0.717, 1.165) is 0 Å². The topological polar surface area (TPSA) is 130 Å². The van der Waals surface area contributed by atoms with E-state index in [4.69, 9.17) is 10.5 Å². The van der Waals surface area contributed by atoms with Crippen LogP contribution >= 0.6 is 0 Å². The molecule has 11 heteroatoms. The Kier molecular flexibility index (Phi) is 4.90. The molecular formula is C20H20FN9O. The fraction of sp³-hybridized carbons (Fsp3) is 0.250. The maximum absolute atomic E-state index is 14.0. The van der Waals surface area contributed by atoms with Crippen LogP contribution in [0.15, 0.2) is 29.4 Å². The lowest BCUT2D eigenvalue weighted by Crippen LogP contribution is -2.30. The number of hydrogen-bond acceptors (Lipinski definition) is 9. The molecule has 158 valence electrons. The lowest BCUT2D eigenvalue weighted by atomic mass is 10.1. The molecule has 0 radical (unpaired) electrons. The Hall–Kier alpha value is -4.20. The Labute approximate surface area is 177 Å². The first kappa shape index (κ1) is 20.1. The third-order valence-electron chi connectivity index (χ3n) is 4.77. The lowest BCUT2D eigenvalue weighted by Gasteiger charge is -2.21. The molecule has 1 aliphatic heterocycles. The number of ether oxygens (including phenoxy) is 1. The summed E-state index contributed by atoms with van der Waals surface area (Å²) in [5, 5.41) is 17.3. The Balaban J connectivity index is 2.03. The van der Waals surface area contributed by atoms with Crippen molar-refractivity contribution < 1.29 is 9.13 Å². The fourth-order valence-corrected chi connectivity index (χ4v) is 3.21. The number of halogens is 1. The molecule has 0 fully saturated rings. The van der Waals surface area contributed by atoms with Gasteiger partial charge in [0.25, 0.3) is 5.88 Å². The molecule has 10 nitrogen and oxygen atoms in total. The van der Waals surface area contributed by atoms with Crippen LogP contribution < -0.4 is 15.8 Å². The van der Waals surface area contributed by atoms with Crippen molar-refractivity contribution >= 4 is 23.3 Å². The Morgan fingerprint density at radius 2 is 2.13 bits per heavy atom.